The monoisotopic (exact) mass is 422 g/mol. The molecule has 0 fully saturated rings. The van der Waals surface area contributed by atoms with Crippen LogP contribution in [0, 0.1) is 0 Å². The van der Waals surface area contributed by atoms with Crippen LogP contribution < -0.4 is 14.4 Å². The number of carbonyl (C=O) groups is 1. The molecular formula is C20H23ClN2O4S. The van der Waals surface area contributed by atoms with Crippen LogP contribution >= 0.6 is 11.6 Å². The first-order valence-electron chi connectivity index (χ1n) is 8.80. The quantitative estimate of drug-likeness (QED) is 0.816. The molecular weight excluding hydrogens is 400 g/mol. The van der Waals surface area contributed by atoms with Gasteiger partial charge in [0.15, 0.2) is 6.10 Å². The molecule has 0 saturated carbocycles. The molecule has 1 aliphatic heterocycles. The molecule has 0 spiro atoms. The van der Waals surface area contributed by atoms with Gasteiger partial charge in [-0.3, -0.25) is 9.10 Å². The molecule has 1 amide bonds. The van der Waals surface area contributed by atoms with E-state index >= 15 is 0 Å². The van der Waals surface area contributed by atoms with Gasteiger partial charge in [0.1, 0.15) is 5.75 Å². The van der Waals surface area contributed by atoms with Crippen LogP contribution in [0.4, 0.5) is 11.4 Å². The molecule has 0 radical (unpaired) electrons. The van der Waals surface area contributed by atoms with E-state index in [2.05, 4.69) is 5.32 Å². The van der Waals surface area contributed by atoms with Gasteiger partial charge in [-0.05, 0) is 47.4 Å². The zero-order valence-corrected chi connectivity index (χ0v) is 17.8. The Morgan fingerprint density at radius 3 is 2.39 bits per heavy atom. The summed E-state index contributed by atoms with van der Waals surface area (Å²) in [5, 5.41) is 3.29. The van der Waals surface area contributed by atoms with Crippen molar-refractivity contribution in [2.75, 3.05) is 22.4 Å². The van der Waals surface area contributed by atoms with E-state index in [1.54, 1.807) is 30.3 Å². The van der Waals surface area contributed by atoms with Gasteiger partial charge in [-0.25, -0.2) is 8.42 Å². The average molecular weight is 423 g/mol. The minimum Gasteiger partial charge on any atom is -0.476 e. The van der Waals surface area contributed by atoms with Crippen molar-refractivity contribution in [2.24, 2.45) is 0 Å². The normalized spacial score (nSPS) is 16.9. The topological polar surface area (TPSA) is 75.7 Å². The standard InChI is InChI=1S/C20H23ClN2O4S/c1-20(2,3)13-5-10-17-16(11-13)23(28(4,25)26)12-18(27-17)19(24)22-15-8-6-14(21)7-9-15/h5-11,18H,12H2,1-4H3,(H,22,24)/t18-/m0/s1. The number of anilines is 2. The first-order chi connectivity index (χ1) is 12.9. The second-order valence-corrected chi connectivity index (χ2v) is 10.2. The Morgan fingerprint density at radius 2 is 1.82 bits per heavy atom. The lowest BCUT2D eigenvalue weighted by atomic mass is 9.86. The Balaban J connectivity index is 1.92. The van der Waals surface area contributed by atoms with E-state index in [1.807, 2.05) is 32.9 Å². The highest BCUT2D eigenvalue weighted by atomic mass is 35.5. The molecule has 28 heavy (non-hydrogen) atoms. The number of hydrogen-bond acceptors (Lipinski definition) is 4. The van der Waals surface area contributed by atoms with Crippen molar-refractivity contribution in [1.82, 2.24) is 0 Å². The van der Waals surface area contributed by atoms with Crippen molar-refractivity contribution in [2.45, 2.75) is 32.3 Å². The highest BCUT2D eigenvalue weighted by Gasteiger charge is 2.35. The Kier molecular flexibility index (Phi) is 5.34. The first kappa shape index (κ1) is 20.5. The Morgan fingerprint density at radius 1 is 1.18 bits per heavy atom. The number of nitrogens with one attached hydrogen (secondary N) is 1. The Hall–Kier alpha value is -2.25. The summed E-state index contributed by atoms with van der Waals surface area (Å²) >= 11 is 5.86. The highest BCUT2D eigenvalue weighted by molar-refractivity contribution is 7.92. The van der Waals surface area contributed by atoms with Gasteiger partial charge in [0.25, 0.3) is 5.91 Å². The molecule has 1 N–H and O–H groups in total. The number of sulfonamides is 1. The van der Waals surface area contributed by atoms with Gasteiger partial charge in [-0.2, -0.15) is 0 Å². The van der Waals surface area contributed by atoms with E-state index in [0.29, 0.717) is 22.1 Å². The fourth-order valence-electron chi connectivity index (χ4n) is 2.92. The summed E-state index contributed by atoms with van der Waals surface area (Å²) in [5.41, 5.74) is 1.83. The van der Waals surface area contributed by atoms with Gasteiger partial charge in [0.05, 0.1) is 18.5 Å². The molecule has 1 heterocycles. The number of rotatable bonds is 3. The van der Waals surface area contributed by atoms with E-state index in [9.17, 15) is 13.2 Å². The third-order valence-electron chi connectivity index (χ3n) is 4.50. The lowest BCUT2D eigenvalue weighted by Gasteiger charge is -2.35. The van der Waals surface area contributed by atoms with Crippen molar-refractivity contribution in [3.8, 4) is 5.75 Å². The molecule has 8 heteroatoms. The molecule has 2 aromatic rings. The lowest BCUT2D eigenvalue weighted by Crippen LogP contribution is -2.48. The third kappa shape index (κ3) is 4.42. The smallest absolute Gasteiger partial charge is 0.267 e. The second kappa shape index (κ2) is 7.29. The maximum Gasteiger partial charge on any atom is 0.267 e. The molecule has 0 aliphatic carbocycles. The Bertz CT molecular complexity index is 998. The molecule has 3 rings (SSSR count). The average Bonchev–Trinajstić information content (AvgIpc) is 2.60. The van der Waals surface area contributed by atoms with Gasteiger partial charge in [-0.1, -0.05) is 38.4 Å². The SMILES string of the molecule is CC(C)(C)c1ccc2c(c1)N(S(C)(=O)=O)C[C@@H](C(=O)Nc1ccc(Cl)cc1)O2. The van der Waals surface area contributed by atoms with Crippen LogP contribution in [0.15, 0.2) is 42.5 Å². The molecule has 0 unspecified atom stereocenters. The van der Waals surface area contributed by atoms with Crippen LogP contribution in [0.2, 0.25) is 5.02 Å². The largest absolute Gasteiger partial charge is 0.476 e. The summed E-state index contributed by atoms with van der Waals surface area (Å²) in [6.45, 7) is 6.04. The van der Waals surface area contributed by atoms with E-state index in [4.69, 9.17) is 16.3 Å². The fourth-order valence-corrected chi connectivity index (χ4v) is 3.96. The first-order valence-corrected chi connectivity index (χ1v) is 11.0. The van der Waals surface area contributed by atoms with Crippen molar-refractivity contribution in [3.05, 3.63) is 53.1 Å². The van der Waals surface area contributed by atoms with Gasteiger partial charge in [0.2, 0.25) is 10.0 Å². The number of carbonyl (C=O) groups excluding carboxylic acids is 1. The summed E-state index contributed by atoms with van der Waals surface area (Å²) in [6.07, 6.45) is 0.151. The maximum atomic E-state index is 12.7. The summed E-state index contributed by atoms with van der Waals surface area (Å²) in [7, 11) is -3.59. The zero-order chi connectivity index (χ0) is 20.7. The molecule has 2 aromatic carbocycles. The second-order valence-electron chi connectivity index (χ2n) is 7.83. The molecule has 0 saturated heterocycles. The summed E-state index contributed by atoms with van der Waals surface area (Å²) in [5.74, 6) is -0.0672. The number of amides is 1. The molecule has 150 valence electrons. The van der Waals surface area contributed by atoms with Crippen LogP contribution in [-0.4, -0.2) is 33.2 Å². The van der Waals surface area contributed by atoms with Crippen LogP contribution in [-0.2, 0) is 20.2 Å². The van der Waals surface area contributed by atoms with Crippen LogP contribution in [0.25, 0.3) is 0 Å². The number of nitrogens with zero attached hydrogens (tertiary/aromatic N) is 1. The summed E-state index contributed by atoms with van der Waals surface area (Å²) < 4.78 is 31.9. The predicted molar refractivity (Wildman–Crippen MR) is 112 cm³/mol. The van der Waals surface area contributed by atoms with E-state index < -0.39 is 22.0 Å². The molecule has 1 aliphatic rings. The molecule has 6 nitrogen and oxygen atoms in total. The van der Waals surface area contributed by atoms with Gasteiger partial charge >= 0.3 is 0 Å². The minimum atomic E-state index is -3.59. The van der Waals surface area contributed by atoms with Gasteiger partial charge in [-0.15, -0.1) is 0 Å². The molecule has 0 bridgehead atoms. The summed E-state index contributed by atoms with van der Waals surface area (Å²) in [4.78, 5) is 12.7. The number of halogens is 1. The summed E-state index contributed by atoms with van der Waals surface area (Å²) in [6, 6.07) is 12.1. The van der Waals surface area contributed by atoms with Crippen molar-refractivity contribution in [1.29, 1.82) is 0 Å². The van der Waals surface area contributed by atoms with Gasteiger partial charge in [0, 0.05) is 10.7 Å². The predicted octanol–water partition coefficient (Wildman–Crippen LogP) is 3.80. The highest BCUT2D eigenvalue weighted by Crippen LogP contribution is 2.38. The molecule has 1 atom stereocenters. The van der Waals surface area contributed by atoms with Gasteiger partial charge < -0.3 is 10.1 Å². The van der Waals surface area contributed by atoms with Crippen molar-refractivity contribution in [3.63, 3.8) is 0 Å². The maximum absolute atomic E-state index is 12.7. The number of benzene rings is 2. The van der Waals surface area contributed by atoms with Crippen molar-refractivity contribution >= 4 is 38.9 Å². The van der Waals surface area contributed by atoms with Crippen LogP contribution in [0.3, 0.4) is 0 Å². The van der Waals surface area contributed by atoms with E-state index in [-0.39, 0.29) is 12.0 Å². The lowest BCUT2D eigenvalue weighted by molar-refractivity contribution is -0.122. The Labute approximate surface area is 170 Å². The molecule has 0 aromatic heterocycles. The number of ether oxygens (including phenoxy) is 1. The fraction of sp³-hybridized carbons (Fsp3) is 0.350. The number of hydrogen-bond donors (Lipinski definition) is 1. The number of fused-ring (bicyclic) bond motifs is 1. The van der Waals surface area contributed by atoms with Crippen molar-refractivity contribution < 1.29 is 17.9 Å². The van der Waals surface area contributed by atoms with Crippen LogP contribution in [0.1, 0.15) is 26.3 Å². The van der Waals surface area contributed by atoms with Crippen LogP contribution in [0.5, 0.6) is 5.75 Å². The zero-order valence-electron chi connectivity index (χ0n) is 16.2. The minimum absolute atomic E-state index is 0.0984. The van der Waals surface area contributed by atoms with E-state index in [0.717, 1.165) is 11.8 Å². The van der Waals surface area contributed by atoms with E-state index in [1.165, 1.54) is 4.31 Å². The third-order valence-corrected chi connectivity index (χ3v) is 5.90.